The number of carbonyl (C=O) groups is 2. The molecule has 3 aromatic rings. The van der Waals surface area contributed by atoms with Crippen LogP contribution in [0.25, 0.3) is 0 Å². The maximum atomic E-state index is 12.0. The molecule has 3 N–H and O–H groups in total. The fraction of sp³-hybridized carbons (Fsp3) is 0.176. The molecule has 0 atom stereocenters. The van der Waals surface area contributed by atoms with Crippen molar-refractivity contribution in [2.45, 2.75) is 13.3 Å². The standard InChI is InChI=1S/C17H13Cl2N5O7/c1-2-3-29-16(27)8-6-11(22-23-14(8)25)30-12-9(18)4-7(5-10(12)19)20-15(26)13-21-17(28)31-24-13/h4-6H,2-3H2,1H3,(H,20,26)(H,23,25)(H,21,24,28). The van der Waals surface area contributed by atoms with E-state index in [2.05, 4.69) is 30.2 Å². The molecule has 2 aromatic heterocycles. The van der Waals surface area contributed by atoms with E-state index in [0.29, 0.717) is 6.42 Å². The SMILES string of the molecule is CCCOC(=O)c1cc(Oc2c(Cl)cc(NC(=O)c3noc(=O)[nH]3)cc2Cl)n[nH]c1=O. The summed E-state index contributed by atoms with van der Waals surface area (Å²) in [7, 11) is 0. The molecule has 0 unspecified atom stereocenters. The van der Waals surface area contributed by atoms with Crippen molar-refractivity contribution in [1.82, 2.24) is 20.3 Å². The molecule has 1 amide bonds. The predicted octanol–water partition coefficient (Wildman–Crippen LogP) is 2.36. The van der Waals surface area contributed by atoms with Crippen LogP contribution in [-0.4, -0.2) is 38.8 Å². The summed E-state index contributed by atoms with van der Waals surface area (Å²) in [5.41, 5.74) is -0.903. The number of hydrogen-bond acceptors (Lipinski definition) is 9. The van der Waals surface area contributed by atoms with Gasteiger partial charge in [0.25, 0.3) is 11.5 Å². The maximum Gasteiger partial charge on any atom is 0.439 e. The lowest BCUT2D eigenvalue weighted by atomic mass is 10.3. The van der Waals surface area contributed by atoms with Gasteiger partial charge in [-0.15, -0.1) is 5.10 Å². The Hall–Kier alpha value is -3.64. The van der Waals surface area contributed by atoms with Gasteiger partial charge in [-0.1, -0.05) is 30.1 Å². The number of aromatic nitrogens is 4. The van der Waals surface area contributed by atoms with Gasteiger partial charge < -0.3 is 14.8 Å². The fourth-order valence-electron chi connectivity index (χ4n) is 2.22. The molecule has 0 aliphatic heterocycles. The fourth-order valence-corrected chi connectivity index (χ4v) is 2.78. The number of hydrogen-bond donors (Lipinski definition) is 3. The minimum atomic E-state index is -0.892. The zero-order valence-corrected chi connectivity index (χ0v) is 17.2. The second-order valence-corrected chi connectivity index (χ2v) is 6.67. The average Bonchev–Trinajstić information content (AvgIpc) is 3.16. The molecule has 0 saturated heterocycles. The quantitative estimate of drug-likeness (QED) is 0.439. The minimum Gasteiger partial charge on any atom is -0.462 e. The van der Waals surface area contributed by atoms with Crippen LogP contribution in [0.15, 0.2) is 32.3 Å². The van der Waals surface area contributed by atoms with Crippen molar-refractivity contribution in [3.05, 3.63) is 60.5 Å². The highest BCUT2D eigenvalue weighted by Crippen LogP contribution is 2.38. The number of nitrogens with one attached hydrogen (secondary N) is 3. The summed E-state index contributed by atoms with van der Waals surface area (Å²) in [6.45, 7) is 1.95. The first-order chi connectivity index (χ1) is 14.8. The number of benzene rings is 1. The number of carbonyl (C=O) groups excluding carboxylic acids is 2. The van der Waals surface area contributed by atoms with Gasteiger partial charge in [-0.05, 0) is 23.7 Å². The van der Waals surface area contributed by atoms with Gasteiger partial charge in [0, 0.05) is 11.8 Å². The van der Waals surface area contributed by atoms with E-state index in [9.17, 15) is 19.2 Å². The third-order valence-electron chi connectivity index (χ3n) is 3.56. The van der Waals surface area contributed by atoms with Crippen molar-refractivity contribution >= 4 is 40.8 Å². The van der Waals surface area contributed by atoms with Crippen LogP contribution in [0.2, 0.25) is 10.0 Å². The summed E-state index contributed by atoms with van der Waals surface area (Å²) in [4.78, 5) is 48.9. The van der Waals surface area contributed by atoms with E-state index in [4.69, 9.17) is 32.7 Å². The molecule has 0 bridgehead atoms. The molecular formula is C17H13Cl2N5O7. The number of ether oxygens (including phenoxy) is 2. The number of halogens is 2. The highest BCUT2D eigenvalue weighted by Gasteiger charge is 2.18. The Balaban J connectivity index is 1.81. The van der Waals surface area contributed by atoms with Gasteiger partial charge in [0.1, 0.15) is 5.56 Å². The van der Waals surface area contributed by atoms with Crippen molar-refractivity contribution in [2.75, 3.05) is 11.9 Å². The third kappa shape index (κ3) is 5.29. The summed E-state index contributed by atoms with van der Waals surface area (Å²) < 4.78 is 14.7. The van der Waals surface area contributed by atoms with Gasteiger partial charge in [0.2, 0.25) is 11.7 Å². The molecule has 3 rings (SSSR count). The maximum absolute atomic E-state index is 12.0. The molecular weight excluding hydrogens is 457 g/mol. The van der Waals surface area contributed by atoms with Crippen LogP contribution < -0.4 is 21.4 Å². The predicted molar refractivity (Wildman–Crippen MR) is 107 cm³/mol. The Labute approximate surface area is 182 Å². The molecule has 0 fully saturated rings. The first-order valence-electron chi connectivity index (χ1n) is 8.59. The minimum absolute atomic E-state index is 0.0282. The van der Waals surface area contributed by atoms with Crippen LogP contribution in [0.5, 0.6) is 11.6 Å². The molecule has 0 radical (unpaired) electrons. The van der Waals surface area contributed by atoms with Crippen molar-refractivity contribution in [1.29, 1.82) is 0 Å². The molecule has 0 aliphatic rings. The van der Waals surface area contributed by atoms with E-state index in [0.717, 1.165) is 6.07 Å². The summed E-state index contributed by atoms with van der Waals surface area (Å²) in [5, 5.41) is 11.4. The first kappa shape index (κ1) is 22.1. The van der Waals surface area contributed by atoms with Gasteiger partial charge in [-0.3, -0.25) is 19.1 Å². The van der Waals surface area contributed by atoms with Gasteiger partial charge in [-0.2, -0.15) is 0 Å². The number of aromatic amines is 2. The van der Waals surface area contributed by atoms with Crippen LogP contribution in [0.1, 0.15) is 34.3 Å². The molecule has 1 aromatic carbocycles. The van der Waals surface area contributed by atoms with E-state index in [-0.39, 0.29) is 45.4 Å². The number of rotatable bonds is 7. The second kappa shape index (κ2) is 9.45. The number of nitrogens with zero attached hydrogens (tertiary/aromatic N) is 2. The smallest absolute Gasteiger partial charge is 0.439 e. The van der Waals surface area contributed by atoms with E-state index in [1.807, 2.05) is 0 Å². The highest BCUT2D eigenvalue weighted by molar-refractivity contribution is 6.37. The Morgan fingerprint density at radius 1 is 1.19 bits per heavy atom. The zero-order chi connectivity index (χ0) is 22.5. The first-order valence-corrected chi connectivity index (χ1v) is 9.35. The van der Waals surface area contributed by atoms with E-state index in [1.54, 1.807) is 6.92 Å². The number of anilines is 1. The Bertz CT molecular complexity index is 1230. The molecule has 31 heavy (non-hydrogen) atoms. The van der Waals surface area contributed by atoms with Crippen LogP contribution in [0, 0.1) is 0 Å². The largest absolute Gasteiger partial charge is 0.462 e. The topological polar surface area (TPSA) is 169 Å². The van der Waals surface area contributed by atoms with Gasteiger partial charge in [0.05, 0.1) is 16.7 Å². The van der Waals surface area contributed by atoms with E-state index < -0.39 is 23.2 Å². The van der Waals surface area contributed by atoms with Crippen LogP contribution >= 0.6 is 23.2 Å². The Morgan fingerprint density at radius 2 is 1.90 bits per heavy atom. The van der Waals surface area contributed by atoms with Gasteiger partial charge in [0.15, 0.2) is 5.75 Å². The lowest BCUT2D eigenvalue weighted by molar-refractivity contribution is 0.0502. The monoisotopic (exact) mass is 469 g/mol. The third-order valence-corrected chi connectivity index (χ3v) is 4.12. The summed E-state index contributed by atoms with van der Waals surface area (Å²) in [6, 6.07) is 3.70. The van der Waals surface area contributed by atoms with E-state index >= 15 is 0 Å². The summed E-state index contributed by atoms with van der Waals surface area (Å²) in [6.07, 6.45) is 0.582. The zero-order valence-electron chi connectivity index (χ0n) is 15.7. The molecule has 162 valence electrons. The van der Waals surface area contributed by atoms with Crippen LogP contribution in [0.3, 0.4) is 0 Å². The van der Waals surface area contributed by atoms with Crippen molar-refractivity contribution in [3.63, 3.8) is 0 Å². The number of esters is 1. The molecule has 0 spiro atoms. The number of amides is 1. The number of H-pyrrole nitrogens is 2. The molecule has 0 saturated carbocycles. The van der Waals surface area contributed by atoms with Crippen molar-refractivity contribution in [2.24, 2.45) is 0 Å². The van der Waals surface area contributed by atoms with Crippen molar-refractivity contribution < 1.29 is 23.6 Å². The Morgan fingerprint density at radius 3 is 2.52 bits per heavy atom. The van der Waals surface area contributed by atoms with Gasteiger partial charge in [-0.25, -0.2) is 14.7 Å². The average molecular weight is 470 g/mol. The van der Waals surface area contributed by atoms with Gasteiger partial charge >= 0.3 is 11.7 Å². The molecule has 2 heterocycles. The van der Waals surface area contributed by atoms with E-state index in [1.165, 1.54) is 12.1 Å². The Kier molecular flexibility index (Phi) is 6.72. The normalized spacial score (nSPS) is 10.5. The molecule has 12 nitrogen and oxygen atoms in total. The van der Waals surface area contributed by atoms with Crippen LogP contribution in [0.4, 0.5) is 5.69 Å². The summed E-state index contributed by atoms with van der Waals surface area (Å²) in [5.74, 6) is -3.08. The molecule has 0 aliphatic carbocycles. The van der Waals surface area contributed by atoms with Crippen LogP contribution in [-0.2, 0) is 4.74 Å². The lowest BCUT2D eigenvalue weighted by Gasteiger charge is -2.11. The van der Waals surface area contributed by atoms with Crippen molar-refractivity contribution in [3.8, 4) is 11.6 Å². The second-order valence-electron chi connectivity index (χ2n) is 5.85. The lowest BCUT2D eigenvalue weighted by Crippen LogP contribution is -2.21. The summed E-state index contributed by atoms with van der Waals surface area (Å²) >= 11 is 12.4. The highest BCUT2D eigenvalue weighted by atomic mass is 35.5. The molecule has 14 heteroatoms.